The molecule has 1 aromatic heterocycles. The van der Waals surface area contributed by atoms with E-state index in [0.29, 0.717) is 22.8 Å². The number of likely N-dealkylation sites (tertiary alicyclic amines) is 1. The Morgan fingerprint density at radius 1 is 1.24 bits per heavy atom. The topological polar surface area (TPSA) is 184 Å². The van der Waals surface area contributed by atoms with Gasteiger partial charge in [0.05, 0.1) is 9.75 Å². The van der Waals surface area contributed by atoms with E-state index < -0.39 is 41.5 Å². The molecule has 1 saturated heterocycles. The summed E-state index contributed by atoms with van der Waals surface area (Å²) in [5, 5.41) is 7.89. The molecule has 0 bridgehead atoms. The number of primary amides is 1. The van der Waals surface area contributed by atoms with Crippen LogP contribution in [0.1, 0.15) is 46.8 Å². The van der Waals surface area contributed by atoms with Gasteiger partial charge < -0.3 is 10.6 Å². The summed E-state index contributed by atoms with van der Waals surface area (Å²) in [4.78, 5) is 39.8. The third-order valence-corrected chi connectivity index (χ3v) is 11.7. The van der Waals surface area contributed by atoms with Crippen LogP contribution in [0, 0.1) is 29.6 Å². The first kappa shape index (κ1) is 35.2. The molecule has 2 aliphatic heterocycles. The largest absolute Gasteiger partial charge is 0.369 e. The van der Waals surface area contributed by atoms with E-state index in [1.165, 1.54) is 28.6 Å². The van der Waals surface area contributed by atoms with E-state index in [2.05, 4.69) is 23.7 Å². The van der Waals surface area contributed by atoms with Crippen molar-refractivity contribution in [2.45, 2.75) is 43.2 Å². The molecule has 0 aliphatic carbocycles. The highest BCUT2D eigenvalue weighted by atomic mass is 32.2. The molecule has 2 aliphatic rings. The van der Waals surface area contributed by atoms with Gasteiger partial charge in [-0.05, 0) is 49.2 Å². The Labute approximate surface area is 249 Å². The van der Waals surface area contributed by atoms with Crippen molar-refractivity contribution in [1.29, 1.82) is 0 Å². The van der Waals surface area contributed by atoms with Crippen molar-refractivity contribution in [1.82, 2.24) is 15.3 Å². The first-order chi connectivity index (χ1) is 19.5. The number of hydrogen-bond acceptors (Lipinski definition) is 10. The molecule has 0 spiro atoms. The van der Waals surface area contributed by atoms with Gasteiger partial charge in [0.2, 0.25) is 5.91 Å². The average molecular weight is 647 g/mol. The lowest BCUT2D eigenvalue weighted by atomic mass is 10.0. The third kappa shape index (κ3) is 8.75. The molecule has 0 radical (unpaired) electrons. The number of alkyl halides is 1. The molecule has 3 amide bonds. The second kappa shape index (κ2) is 14.4. The van der Waals surface area contributed by atoms with Gasteiger partial charge in [0, 0.05) is 51.2 Å². The van der Waals surface area contributed by atoms with Crippen LogP contribution in [0.5, 0.6) is 0 Å². The van der Waals surface area contributed by atoms with Gasteiger partial charge in [-0.25, -0.2) is 26.7 Å². The molecule has 4 N–H and O–H groups in total. The van der Waals surface area contributed by atoms with E-state index in [0.717, 1.165) is 31.2 Å². The number of thiophene rings is 1. The number of nitrogens with zero attached hydrogens (tertiary/aromatic N) is 2. The molecule has 1 aromatic rings. The molecule has 16 heteroatoms. The van der Waals surface area contributed by atoms with Crippen LogP contribution >= 0.6 is 11.3 Å². The Kier molecular flexibility index (Phi) is 12.1. The highest BCUT2D eigenvalue weighted by molar-refractivity contribution is 7.93. The number of hydroxylamine groups is 1. The van der Waals surface area contributed by atoms with E-state index >= 15 is 0 Å². The molecule has 3 rings (SSSR count). The Balaban J connectivity index is 0.000000528. The van der Waals surface area contributed by atoms with Crippen LogP contribution in [-0.2, 0) is 35.8 Å². The SMILES string of the molecule is CC(CCN1Cc2cc(C#CC#CC3CN(CCF)C3)sc2C1=O)(C(=O)NO)S(C)(=O)=O.CC[C@H](C(N)=O)S(C)(=O)=O. The Hall–Kier alpha value is -3.02. The summed E-state index contributed by atoms with van der Waals surface area (Å²) >= 11 is 1.25. The molecule has 1 unspecified atom stereocenters. The molecule has 3 heterocycles. The molecular formula is C26H35FN4O8S3. The fourth-order valence-electron chi connectivity index (χ4n) is 4.23. The molecular weight excluding hydrogens is 612 g/mol. The predicted octanol–water partition coefficient (Wildman–Crippen LogP) is -0.0462. The lowest BCUT2D eigenvalue weighted by molar-refractivity contribution is -0.131. The van der Waals surface area contributed by atoms with Gasteiger partial charge in [-0.2, -0.15) is 0 Å². The normalized spacial score (nSPS) is 17.2. The highest BCUT2D eigenvalue weighted by Crippen LogP contribution is 2.32. The fourth-order valence-corrected chi connectivity index (χ4v) is 7.10. The van der Waals surface area contributed by atoms with Crippen molar-refractivity contribution < 1.29 is 40.8 Å². The van der Waals surface area contributed by atoms with Crippen LogP contribution in [0.3, 0.4) is 0 Å². The number of nitrogens with two attached hydrogens (primary N) is 1. The second-order valence-corrected chi connectivity index (χ2v) is 15.9. The number of fused-ring (bicyclic) bond motifs is 1. The zero-order valence-corrected chi connectivity index (χ0v) is 26.2. The van der Waals surface area contributed by atoms with Gasteiger partial charge in [-0.3, -0.25) is 24.5 Å². The van der Waals surface area contributed by atoms with Crippen LogP contribution in [-0.4, -0.2) is 105 Å². The minimum atomic E-state index is -3.83. The van der Waals surface area contributed by atoms with Gasteiger partial charge in [0.25, 0.3) is 11.8 Å². The molecule has 2 atom stereocenters. The van der Waals surface area contributed by atoms with Crippen molar-refractivity contribution in [2.75, 3.05) is 45.4 Å². The van der Waals surface area contributed by atoms with Crippen molar-refractivity contribution in [3.05, 3.63) is 21.4 Å². The van der Waals surface area contributed by atoms with Gasteiger partial charge >= 0.3 is 0 Å². The summed E-state index contributed by atoms with van der Waals surface area (Å²) in [6.45, 7) is 4.78. The van der Waals surface area contributed by atoms with Crippen LogP contribution in [0.15, 0.2) is 6.07 Å². The summed E-state index contributed by atoms with van der Waals surface area (Å²) in [6.07, 6.45) is 2.02. The number of sulfone groups is 2. The summed E-state index contributed by atoms with van der Waals surface area (Å²) in [6, 6.07) is 1.81. The quantitative estimate of drug-likeness (QED) is 0.178. The van der Waals surface area contributed by atoms with E-state index in [9.17, 15) is 35.6 Å². The molecule has 12 nitrogen and oxygen atoms in total. The van der Waals surface area contributed by atoms with Crippen LogP contribution in [0.4, 0.5) is 4.39 Å². The van der Waals surface area contributed by atoms with Crippen molar-refractivity contribution in [2.24, 2.45) is 11.7 Å². The number of nitrogens with one attached hydrogen (secondary N) is 1. The number of rotatable bonds is 10. The van der Waals surface area contributed by atoms with Crippen LogP contribution in [0.2, 0.25) is 0 Å². The van der Waals surface area contributed by atoms with Gasteiger partial charge in [0.1, 0.15) is 11.9 Å². The number of carbonyl (C=O) groups is 3. The molecule has 1 fully saturated rings. The van der Waals surface area contributed by atoms with E-state index in [-0.39, 0.29) is 37.9 Å². The second-order valence-electron chi connectivity index (χ2n) is 10.2. The number of hydrogen-bond donors (Lipinski definition) is 3. The Morgan fingerprint density at radius 3 is 2.33 bits per heavy atom. The van der Waals surface area contributed by atoms with E-state index in [4.69, 9.17) is 10.9 Å². The third-order valence-electron chi connectivity index (χ3n) is 7.00. The molecule has 232 valence electrons. The predicted molar refractivity (Wildman–Crippen MR) is 156 cm³/mol. The van der Waals surface area contributed by atoms with Crippen LogP contribution in [0.25, 0.3) is 0 Å². The maximum atomic E-state index is 12.7. The Bertz CT molecular complexity index is 1530. The maximum absolute atomic E-state index is 12.7. The number of amides is 3. The zero-order chi connectivity index (χ0) is 31.9. The van der Waals surface area contributed by atoms with Crippen molar-refractivity contribution in [3.8, 4) is 23.7 Å². The van der Waals surface area contributed by atoms with E-state index in [1.807, 2.05) is 11.0 Å². The van der Waals surface area contributed by atoms with Gasteiger partial charge in [-0.1, -0.05) is 12.8 Å². The maximum Gasteiger partial charge on any atom is 0.264 e. The smallest absolute Gasteiger partial charge is 0.264 e. The highest BCUT2D eigenvalue weighted by Gasteiger charge is 2.44. The Morgan fingerprint density at radius 2 is 1.88 bits per heavy atom. The average Bonchev–Trinajstić information content (AvgIpc) is 3.39. The lowest BCUT2D eigenvalue weighted by Gasteiger charge is -2.35. The summed E-state index contributed by atoms with van der Waals surface area (Å²) in [5.74, 6) is 9.75. The van der Waals surface area contributed by atoms with Crippen molar-refractivity contribution >= 4 is 48.7 Å². The van der Waals surface area contributed by atoms with Gasteiger partial charge in [-0.15, -0.1) is 11.3 Å². The number of halogens is 1. The molecule has 42 heavy (non-hydrogen) atoms. The minimum Gasteiger partial charge on any atom is -0.369 e. The first-order valence-electron chi connectivity index (χ1n) is 12.8. The van der Waals surface area contributed by atoms with Gasteiger partial charge in [0.15, 0.2) is 24.4 Å². The van der Waals surface area contributed by atoms with E-state index in [1.54, 1.807) is 6.92 Å². The lowest BCUT2D eigenvalue weighted by Crippen LogP contribution is -2.50. The summed E-state index contributed by atoms with van der Waals surface area (Å²) in [7, 11) is -7.12. The minimum absolute atomic E-state index is 0.0462. The monoisotopic (exact) mass is 646 g/mol. The zero-order valence-electron chi connectivity index (χ0n) is 23.8. The van der Waals surface area contributed by atoms with Crippen LogP contribution < -0.4 is 11.2 Å². The standard InChI is InChI=1S/C21H24FN3O5S2.C5H11NO3S/c1-21(20(27)23-28,32(2,29)30)7-9-25-14-16-11-17(31-18(16)19(25)26)6-4-3-5-15-12-24(13-15)10-8-22;1-3-4(5(6)7)10(2,8)9/h11,15,28H,7-10,12-14H2,1-2H3,(H,23,27);4H,3H2,1-2H3,(H2,6,7)/t;4-/m.1/s1. The molecule has 0 aromatic carbocycles. The summed E-state index contributed by atoms with van der Waals surface area (Å²) in [5.41, 5.74) is 7.01. The first-order valence-corrected chi connectivity index (χ1v) is 17.5. The molecule has 0 saturated carbocycles. The summed E-state index contributed by atoms with van der Waals surface area (Å²) < 4.78 is 55.9. The number of carbonyl (C=O) groups excluding carboxylic acids is 3. The fraction of sp³-hybridized carbons (Fsp3) is 0.577. The van der Waals surface area contributed by atoms with Crippen molar-refractivity contribution in [3.63, 3.8) is 0 Å².